The fourth-order valence-electron chi connectivity index (χ4n) is 0.983. The van der Waals surface area contributed by atoms with Gasteiger partial charge >= 0.3 is 0 Å². The van der Waals surface area contributed by atoms with Crippen LogP contribution in [0.1, 0.15) is 0 Å². The summed E-state index contributed by atoms with van der Waals surface area (Å²) in [6, 6.07) is 0. The van der Waals surface area contributed by atoms with E-state index in [0.29, 0.717) is 11.9 Å². The molecular weight excluding hydrogens is 196 g/mol. The summed E-state index contributed by atoms with van der Waals surface area (Å²) in [6.45, 7) is 0. The molecule has 2 aromatic heterocycles. The van der Waals surface area contributed by atoms with Gasteiger partial charge in [0.15, 0.2) is 0 Å². The first kappa shape index (κ1) is 9.31. The maximum Gasteiger partial charge on any atom is 0.258 e. The van der Waals surface area contributed by atoms with Crippen LogP contribution < -0.4 is 10.6 Å². The highest BCUT2D eigenvalue weighted by Gasteiger charge is 2.07. The van der Waals surface area contributed by atoms with Crippen LogP contribution in [0.2, 0.25) is 0 Å². The number of aromatic nitrogens is 6. The fraction of sp³-hybridized carbons (Fsp3) is 0.286. The first-order valence-electron chi connectivity index (χ1n) is 4.20. The Morgan fingerprint density at radius 2 is 2.07 bits per heavy atom. The third-order valence-electron chi connectivity index (χ3n) is 1.65. The summed E-state index contributed by atoms with van der Waals surface area (Å²) >= 11 is 0. The second kappa shape index (κ2) is 3.48. The van der Waals surface area contributed by atoms with Gasteiger partial charge in [-0.25, -0.2) is 4.98 Å². The molecule has 0 fully saturated rings. The molecule has 0 saturated heterocycles. The van der Waals surface area contributed by atoms with Gasteiger partial charge in [-0.05, 0) is 0 Å². The predicted octanol–water partition coefficient (Wildman–Crippen LogP) is -0.900. The summed E-state index contributed by atoms with van der Waals surface area (Å²) in [6.07, 6.45) is 2.89. The van der Waals surface area contributed by atoms with Crippen molar-refractivity contribution in [3.8, 4) is 5.95 Å². The van der Waals surface area contributed by atoms with Crippen LogP contribution in [0.3, 0.4) is 0 Å². The number of rotatable bonds is 2. The topological polar surface area (TPSA) is 98.6 Å². The van der Waals surface area contributed by atoms with Crippen LogP contribution in [-0.4, -0.2) is 43.8 Å². The van der Waals surface area contributed by atoms with E-state index >= 15 is 0 Å². The maximum atomic E-state index is 5.55. The zero-order valence-electron chi connectivity index (χ0n) is 8.36. The van der Waals surface area contributed by atoms with Crippen molar-refractivity contribution in [1.29, 1.82) is 0 Å². The van der Waals surface area contributed by atoms with Crippen molar-refractivity contribution in [2.24, 2.45) is 0 Å². The molecule has 0 saturated carbocycles. The zero-order valence-corrected chi connectivity index (χ0v) is 8.36. The van der Waals surface area contributed by atoms with Crippen molar-refractivity contribution in [3.63, 3.8) is 0 Å². The number of nitrogens with zero attached hydrogens (tertiary/aromatic N) is 7. The van der Waals surface area contributed by atoms with Crippen molar-refractivity contribution in [2.75, 3.05) is 24.7 Å². The predicted molar refractivity (Wildman–Crippen MR) is 53.5 cm³/mol. The van der Waals surface area contributed by atoms with Crippen molar-refractivity contribution in [2.45, 2.75) is 0 Å². The number of hydrogen-bond acceptors (Lipinski definition) is 7. The lowest BCUT2D eigenvalue weighted by atomic mass is 10.7. The summed E-state index contributed by atoms with van der Waals surface area (Å²) in [5.74, 6) is 0.982. The van der Waals surface area contributed by atoms with Gasteiger partial charge in [0.25, 0.3) is 5.95 Å². The Bertz CT molecular complexity index is 448. The largest absolute Gasteiger partial charge is 0.368 e. The van der Waals surface area contributed by atoms with Crippen LogP contribution >= 0.6 is 0 Å². The minimum atomic E-state index is 0.152. The van der Waals surface area contributed by atoms with Gasteiger partial charge in [-0.15, -0.1) is 0 Å². The summed E-state index contributed by atoms with van der Waals surface area (Å²) in [4.78, 5) is 17.6. The molecule has 0 aliphatic rings. The van der Waals surface area contributed by atoms with Gasteiger partial charge < -0.3 is 10.6 Å². The molecule has 2 N–H and O–H groups in total. The highest BCUT2D eigenvalue weighted by molar-refractivity contribution is 5.35. The third kappa shape index (κ3) is 1.82. The molecule has 0 aliphatic carbocycles. The lowest BCUT2D eigenvalue weighted by Crippen LogP contribution is -2.16. The van der Waals surface area contributed by atoms with E-state index in [-0.39, 0.29) is 5.95 Å². The van der Waals surface area contributed by atoms with E-state index in [2.05, 4.69) is 25.0 Å². The highest BCUT2D eigenvalue weighted by atomic mass is 15.4. The molecule has 78 valence electrons. The molecule has 0 aliphatic heterocycles. The Hall–Kier alpha value is -2.25. The van der Waals surface area contributed by atoms with Gasteiger partial charge in [-0.3, -0.25) is 0 Å². The second-order valence-corrected chi connectivity index (χ2v) is 3.03. The molecule has 0 radical (unpaired) electrons. The van der Waals surface area contributed by atoms with Crippen molar-refractivity contribution < 1.29 is 0 Å². The van der Waals surface area contributed by atoms with E-state index in [1.54, 1.807) is 4.90 Å². The van der Waals surface area contributed by atoms with Crippen molar-refractivity contribution in [3.05, 3.63) is 12.7 Å². The number of nitrogen functional groups attached to an aromatic ring is 1. The van der Waals surface area contributed by atoms with Crippen LogP contribution in [0, 0.1) is 0 Å². The second-order valence-electron chi connectivity index (χ2n) is 3.03. The van der Waals surface area contributed by atoms with E-state index < -0.39 is 0 Å². The van der Waals surface area contributed by atoms with Gasteiger partial charge in [-0.1, -0.05) is 0 Å². The SMILES string of the molecule is CN(C)c1nc(N)nc(-n2cncn2)n1. The smallest absolute Gasteiger partial charge is 0.258 e. The van der Waals surface area contributed by atoms with E-state index in [4.69, 9.17) is 5.73 Å². The Labute approximate surface area is 85.8 Å². The molecule has 2 heterocycles. The van der Waals surface area contributed by atoms with E-state index in [1.165, 1.54) is 17.3 Å². The Balaban J connectivity index is 2.49. The Morgan fingerprint density at radius 1 is 1.27 bits per heavy atom. The zero-order chi connectivity index (χ0) is 10.8. The van der Waals surface area contributed by atoms with Gasteiger partial charge in [0.05, 0.1) is 0 Å². The highest BCUT2D eigenvalue weighted by Crippen LogP contribution is 2.07. The molecule has 8 heteroatoms. The number of hydrogen-bond donors (Lipinski definition) is 1. The normalized spacial score (nSPS) is 10.3. The molecule has 2 aromatic rings. The van der Waals surface area contributed by atoms with Gasteiger partial charge in [0.1, 0.15) is 12.7 Å². The average molecular weight is 206 g/mol. The first-order chi connectivity index (χ1) is 7.16. The summed E-state index contributed by atoms with van der Waals surface area (Å²) in [7, 11) is 3.64. The molecule has 0 amide bonds. The molecule has 0 bridgehead atoms. The Kier molecular flexibility index (Phi) is 2.16. The number of nitrogens with two attached hydrogens (primary N) is 1. The Morgan fingerprint density at radius 3 is 2.67 bits per heavy atom. The lowest BCUT2D eigenvalue weighted by Gasteiger charge is -2.10. The van der Waals surface area contributed by atoms with Crippen molar-refractivity contribution in [1.82, 2.24) is 29.7 Å². The minimum absolute atomic E-state index is 0.152. The molecule has 0 aromatic carbocycles. The third-order valence-corrected chi connectivity index (χ3v) is 1.65. The monoisotopic (exact) mass is 206 g/mol. The van der Waals surface area contributed by atoms with Crippen LogP contribution in [0.4, 0.5) is 11.9 Å². The van der Waals surface area contributed by atoms with Gasteiger partial charge in [0.2, 0.25) is 11.9 Å². The van der Waals surface area contributed by atoms with E-state index in [1.807, 2.05) is 14.1 Å². The summed E-state index contributed by atoms with van der Waals surface area (Å²) < 4.78 is 1.42. The average Bonchev–Trinajstić information content (AvgIpc) is 2.69. The molecule has 0 spiro atoms. The van der Waals surface area contributed by atoms with Crippen molar-refractivity contribution >= 4 is 11.9 Å². The van der Waals surface area contributed by atoms with Crippen LogP contribution in [0.25, 0.3) is 5.95 Å². The molecule has 0 atom stereocenters. The lowest BCUT2D eigenvalue weighted by molar-refractivity contribution is 0.790. The number of anilines is 2. The maximum absolute atomic E-state index is 5.55. The van der Waals surface area contributed by atoms with Crippen LogP contribution in [0.15, 0.2) is 12.7 Å². The summed E-state index contributed by atoms with van der Waals surface area (Å²) in [5.41, 5.74) is 5.55. The standard InChI is InChI=1S/C7H10N8/c1-14(2)6-11-5(8)12-7(13-6)15-4-9-3-10-15/h3-4H,1-2H3,(H2,8,11,12,13). The van der Waals surface area contributed by atoms with Gasteiger partial charge in [0, 0.05) is 14.1 Å². The molecular formula is C7H10N8. The van der Waals surface area contributed by atoms with Gasteiger partial charge in [-0.2, -0.15) is 24.7 Å². The quantitative estimate of drug-likeness (QED) is 0.679. The molecule has 0 unspecified atom stereocenters. The molecule has 15 heavy (non-hydrogen) atoms. The molecule has 2 rings (SSSR count). The van der Waals surface area contributed by atoms with Crippen LogP contribution in [-0.2, 0) is 0 Å². The minimum Gasteiger partial charge on any atom is -0.368 e. The summed E-state index contributed by atoms with van der Waals surface area (Å²) in [5, 5.41) is 3.91. The van der Waals surface area contributed by atoms with E-state index in [0.717, 1.165) is 0 Å². The van der Waals surface area contributed by atoms with E-state index in [9.17, 15) is 0 Å². The first-order valence-corrected chi connectivity index (χ1v) is 4.20. The fourth-order valence-corrected chi connectivity index (χ4v) is 0.983. The molecule has 8 nitrogen and oxygen atoms in total. The van der Waals surface area contributed by atoms with Crippen LogP contribution in [0.5, 0.6) is 0 Å².